The zero-order valence-electron chi connectivity index (χ0n) is 9.99. The fourth-order valence-corrected chi connectivity index (χ4v) is 1.16. The maximum Gasteiger partial charge on any atom is 0.322 e. The summed E-state index contributed by atoms with van der Waals surface area (Å²) in [6.07, 6.45) is 1.63. The topological polar surface area (TPSA) is 61.5 Å². The molecule has 4 nitrogen and oxygen atoms in total. The van der Waals surface area contributed by atoms with Gasteiger partial charge in [0.25, 0.3) is 0 Å². The maximum atomic E-state index is 11.3. The van der Waals surface area contributed by atoms with Crippen molar-refractivity contribution in [2.75, 3.05) is 19.8 Å². The zero-order chi connectivity index (χ0) is 11.7. The van der Waals surface area contributed by atoms with Gasteiger partial charge in [-0.25, -0.2) is 0 Å². The summed E-state index contributed by atoms with van der Waals surface area (Å²) in [5, 5.41) is 0. The lowest BCUT2D eigenvalue weighted by Crippen LogP contribution is -2.34. The molecule has 0 heterocycles. The van der Waals surface area contributed by atoms with Crippen LogP contribution in [0.15, 0.2) is 0 Å². The van der Waals surface area contributed by atoms with Gasteiger partial charge >= 0.3 is 5.97 Å². The molecule has 0 aliphatic carbocycles. The molecule has 4 heteroatoms. The predicted molar refractivity (Wildman–Crippen MR) is 59.5 cm³/mol. The van der Waals surface area contributed by atoms with Crippen molar-refractivity contribution < 1.29 is 14.3 Å². The SMILES string of the molecule is CCCOCCOC(=O)[C@H](N)CC(C)C. The van der Waals surface area contributed by atoms with Crippen LogP contribution in [-0.2, 0) is 14.3 Å². The average molecular weight is 217 g/mol. The molecule has 15 heavy (non-hydrogen) atoms. The smallest absolute Gasteiger partial charge is 0.322 e. The molecule has 0 aromatic carbocycles. The van der Waals surface area contributed by atoms with E-state index in [-0.39, 0.29) is 5.97 Å². The van der Waals surface area contributed by atoms with E-state index in [9.17, 15) is 4.79 Å². The molecule has 0 rings (SSSR count). The second-order valence-corrected chi connectivity index (χ2v) is 4.02. The van der Waals surface area contributed by atoms with Gasteiger partial charge in [-0.05, 0) is 18.8 Å². The van der Waals surface area contributed by atoms with E-state index < -0.39 is 6.04 Å². The predicted octanol–water partition coefficient (Wildman–Crippen LogP) is 1.33. The lowest BCUT2D eigenvalue weighted by Gasteiger charge is -2.13. The molecule has 0 aromatic rings. The molecule has 0 amide bonds. The fraction of sp³-hybridized carbons (Fsp3) is 0.909. The Bertz CT molecular complexity index is 171. The van der Waals surface area contributed by atoms with E-state index in [1.165, 1.54) is 0 Å². The largest absolute Gasteiger partial charge is 0.462 e. The molecule has 2 N–H and O–H groups in total. The van der Waals surface area contributed by atoms with E-state index in [4.69, 9.17) is 15.2 Å². The van der Waals surface area contributed by atoms with Gasteiger partial charge in [0.1, 0.15) is 12.6 Å². The highest BCUT2D eigenvalue weighted by Gasteiger charge is 2.15. The maximum absolute atomic E-state index is 11.3. The van der Waals surface area contributed by atoms with E-state index in [1.807, 2.05) is 20.8 Å². The minimum Gasteiger partial charge on any atom is -0.462 e. The second kappa shape index (κ2) is 8.68. The van der Waals surface area contributed by atoms with Gasteiger partial charge in [-0.1, -0.05) is 20.8 Å². The first kappa shape index (κ1) is 14.4. The Balaban J connectivity index is 3.47. The third kappa shape index (κ3) is 8.39. The Hall–Kier alpha value is -0.610. The Labute approximate surface area is 92.1 Å². The van der Waals surface area contributed by atoms with Crippen LogP contribution < -0.4 is 5.73 Å². The molecule has 1 atom stereocenters. The van der Waals surface area contributed by atoms with Crippen LogP contribution >= 0.6 is 0 Å². The zero-order valence-corrected chi connectivity index (χ0v) is 9.99. The van der Waals surface area contributed by atoms with Crippen LogP contribution in [0.25, 0.3) is 0 Å². The Morgan fingerprint density at radius 2 is 1.93 bits per heavy atom. The normalized spacial score (nSPS) is 12.9. The summed E-state index contributed by atoms with van der Waals surface area (Å²) in [6, 6.07) is -0.504. The lowest BCUT2D eigenvalue weighted by atomic mass is 10.1. The third-order valence-electron chi connectivity index (χ3n) is 1.85. The number of nitrogens with two attached hydrogens (primary N) is 1. The third-order valence-corrected chi connectivity index (χ3v) is 1.85. The number of rotatable bonds is 8. The Morgan fingerprint density at radius 3 is 2.47 bits per heavy atom. The van der Waals surface area contributed by atoms with Gasteiger partial charge < -0.3 is 15.2 Å². The van der Waals surface area contributed by atoms with Crippen LogP contribution in [0.2, 0.25) is 0 Å². The number of ether oxygens (including phenoxy) is 2. The molecular formula is C11H23NO3. The number of hydrogen-bond acceptors (Lipinski definition) is 4. The van der Waals surface area contributed by atoms with Crippen molar-refractivity contribution in [1.29, 1.82) is 0 Å². The van der Waals surface area contributed by atoms with Gasteiger partial charge in [0.05, 0.1) is 6.61 Å². The Kier molecular flexibility index (Phi) is 8.33. The minimum absolute atomic E-state index is 0.296. The lowest BCUT2D eigenvalue weighted by molar-refractivity contribution is -0.147. The quantitative estimate of drug-likeness (QED) is 0.492. The first-order valence-electron chi connectivity index (χ1n) is 5.57. The van der Waals surface area contributed by atoms with Crippen molar-refractivity contribution in [1.82, 2.24) is 0 Å². The fourth-order valence-electron chi connectivity index (χ4n) is 1.16. The van der Waals surface area contributed by atoms with Gasteiger partial charge in [0.2, 0.25) is 0 Å². The molecule has 0 aliphatic rings. The van der Waals surface area contributed by atoms with Crippen LogP contribution in [0.1, 0.15) is 33.6 Å². The van der Waals surface area contributed by atoms with Gasteiger partial charge in [-0.3, -0.25) is 4.79 Å². The highest BCUT2D eigenvalue weighted by molar-refractivity contribution is 5.75. The van der Waals surface area contributed by atoms with Gasteiger partial charge in [-0.2, -0.15) is 0 Å². The number of carbonyl (C=O) groups excluding carboxylic acids is 1. The van der Waals surface area contributed by atoms with Crippen molar-refractivity contribution in [3.05, 3.63) is 0 Å². The highest BCUT2D eigenvalue weighted by atomic mass is 16.6. The molecule has 0 fully saturated rings. The summed E-state index contributed by atoms with van der Waals surface area (Å²) in [4.78, 5) is 11.3. The van der Waals surface area contributed by atoms with Crippen LogP contribution in [0.3, 0.4) is 0 Å². The summed E-state index contributed by atoms with van der Waals surface area (Å²) >= 11 is 0. The summed E-state index contributed by atoms with van der Waals surface area (Å²) in [5.74, 6) is 0.0766. The first-order chi connectivity index (χ1) is 7.07. The van der Waals surface area contributed by atoms with Crippen molar-refractivity contribution >= 4 is 5.97 Å². The number of esters is 1. The molecule has 0 saturated carbocycles. The molecule has 0 aromatic heterocycles. The summed E-state index contributed by atoms with van der Waals surface area (Å²) in [7, 11) is 0. The van der Waals surface area contributed by atoms with Crippen LogP contribution in [0.4, 0.5) is 0 Å². The summed E-state index contributed by atoms with van der Waals surface area (Å²) < 4.78 is 10.1. The summed E-state index contributed by atoms with van der Waals surface area (Å²) in [5.41, 5.74) is 5.64. The molecular weight excluding hydrogens is 194 g/mol. The van der Waals surface area contributed by atoms with Gasteiger partial charge in [0.15, 0.2) is 0 Å². The van der Waals surface area contributed by atoms with E-state index in [0.29, 0.717) is 32.2 Å². The molecule has 0 unspecified atom stereocenters. The minimum atomic E-state index is -0.504. The monoisotopic (exact) mass is 217 g/mol. The van der Waals surface area contributed by atoms with Crippen LogP contribution in [0.5, 0.6) is 0 Å². The van der Waals surface area contributed by atoms with Crippen LogP contribution in [0, 0.1) is 5.92 Å². The number of hydrogen-bond donors (Lipinski definition) is 1. The summed E-state index contributed by atoms with van der Waals surface area (Å²) in [6.45, 7) is 7.54. The molecule has 90 valence electrons. The first-order valence-corrected chi connectivity index (χ1v) is 5.57. The van der Waals surface area contributed by atoms with Crippen LogP contribution in [-0.4, -0.2) is 31.8 Å². The van der Waals surface area contributed by atoms with E-state index in [2.05, 4.69) is 0 Å². The van der Waals surface area contributed by atoms with E-state index >= 15 is 0 Å². The molecule has 0 spiro atoms. The standard InChI is InChI=1S/C11H23NO3/c1-4-5-14-6-7-15-11(13)10(12)8-9(2)3/h9-10H,4-8,12H2,1-3H3/t10-/m1/s1. The number of carbonyl (C=O) groups is 1. The van der Waals surface area contributed by atoms with Crippen molar-refractivity contribution in [2.45, 2.75) is 39.7 Å². The molecule has 0 aliphatic heterocycles. The molecule has 0 radical (unpaired) electrons. The Morgan fingerprint density at radius 1 is 1.27 bits per heavy atom. The van der Waals surface area contributed by atoms with Crippen molar-refractivity contribution in [3.63, 3.8) is 0 Å². The highest BCUT2D eigenvalue weighted by Crippen LogP contribution is 2.03. The second-order valence-electron chi connectivity index (χ2n) is 4.02. The van der Waals surface area contributed by atoms with E-state index in [1.54, 1.807) is 0 Å². The van der Waals surface area contributed by atoms with Crippen molar-refractivity contribution in [3.8, 4) is 0 Å². The molecule has 0 bridgehead atoms. The van der Waals surface area contributed by atoms with Gasteiger partial charge in [-0.15, -0.1) is 0 Å². The molecule has 0 saturated heterocycles. The van der Waals surface area contributed by atoms with Crippen molar-refractivity contribution in [2.24, 2.45) is 11.7 Å². The van der Waals surface area contributed by atoms with Gasteiger partial charge in [0, 0.05) is 6.61 Å². The average Bonchev–Trinajstić information content (AvgIpc) is 2.16. The van der Waals surface area contributed by atoms with E-state index in [0.717, 1.165) is 6.42 Å².